The Balaban J connectivity index is 2.42. The molecule has 0 fully saturated rings. The van der Waals surface area contributed by atoms with Gasteiger partial charge in [0, 0.05) is 13.5 Å². The number of benzene rings is 1. The van der Waals surface area contributed by atoms with Crippen molar-refractivity contribution in [3.8, 4) is 11.3 Å². The van der Waals surface area contributed by atoms with Crippen molar-refractivity contribution >= 4 is 5.82 Å². The maximum Gasteiger partial charge on any atom is 0.126 e. The molecule has 1 aromatic carbocycles. The topological polar surface area (TPSA) is 24.9 Å². The van der Waals surface area contributed by atoms with Gasteiger partial charge in [0.05, 0.1) is 5.69 Å². The van der Waals surface area contributed by atoms with Crippen LogP contribution in [0.2, 0.25) is 0 Å². The number of nitrogens with one attached hydrogen (secondary N) is 1. The van der Waals surface area contributed by atoms with Crippen molar-refractivity contribution in [2.75, 3.05) is 11.9 Å². The summed E-state index contributed by atoms with van der Waals surface area (Å²) < 4.78 is 7.17. The molecule has 0 radical (unpaired) electrons. The van der Waals surface area contributed by atoms with Crippen molar-refractivity contribution in [2.45, 2.75) is 27.7 Å². The van der Waals surface area contributed by atoms with E-state index in [9.17, 15) is 0 Å². The molecule has 2 nitrogen and oxygen atoms in total. The Hall–Kier alpha value is -1.83. The minimum atomic E-state index is 0.356. The summed E-state index contributed by atoms with van der Waals surface area (Å²) in [5, 5.41) is 3.16. The minimum absolute atomic E-state index is 0.356. The molecule has 0 bridgehead atoms. The fraction of sp³-hybridized carbons (Fsp3) is 0.312. The normalized spacial score (nSPS) is 11.2. The lowest BCUT2D eigenvalue weighted by molar-refractivity contribution is 1.16. The molecular formula is C16H20N2. The number of nitrogens with zero attached hydrogens (tertiary/aromatic N) is 1. The lowest BCUT2D eigenvalue weighted by atomic mass is 9.97. The van der Waals surface area contributed by atoms with Crippen LogP contribution in [0.15, 0.2) is 30.3 Å². The van der Waals surface area contributed by atoms with Crippen LogP contribution in [0.3, 0.4) is 0 Å². The second-order valence-corrected chi connectivity index (χ2v) is 4.61. The summed E-state index contributed by atoms with van der Waals surface area (Å²) in [6.45, 7) is 7.35. The highest BCUT2D eigenvalue weighted by Crippen LogP contribution is 2.27. The highest BCUT2D eigenvalue weighted by Gasteiger charge is 2.08. The molecule has 2 rings (SSSR count). The molecule has 0 aliphatic heterocycles. The number of aromatic nitrogens is 1. The fourth-order valence-electron chi connectivity index (χ4n) is 2.38. The van der Waals surface area contributed by atoms with Gasteiger partial charge in [-0.25, -0.2) is 4.98 Å². The molecule has 2 heteroatoms. The van der Waals surface area contributed by atoms with Crippen LogP contribution in [0.25, 0.3) is 11.3 Å². The summed E-state index contributed by atoms with van der Waals surface area (Å²) >= 11 is 0. The van der Waals surface area contributed by atoms with Gasteiger partial charge >= 0.3 is 0 Å². The van der Waals surface area contributed by atoms with Crippen LogP contribution >= 0.6 is 0 Å². The van der Waals surface area contributed by atoms with Crippen LogP contribution < -0.4 is 5.32 Å². The van der Waals surface area contributed by atoms with Crippen LogP contribution in [0.5, 0.6) is 0 Å². The van der Waals surface area contributed by atoms with Gasteiger partial charge < -0.3 is 5.32 Å². The van der Waals surface area contributed by atoms with Crippen molar-refractivity contribution in [3.05, 3.63) is 47.0 Å². The smallest absolute Gasteiger partial charge is 0.126 e. The molecule has 1 aromatic heterocycles. The first-order valence-corrected chi connectivity index (χ1v) is 6.20. The summed E-state index contributed by atoms with van der Waals surface area (Å²) in [6.07, 6.45) is 0. The van der Waals surface area contributed by atoms with Gasteiger partial charge in [-0.05, 0) is 50.9 Å². The first-order valence-electron chi connectivity index (χ1n) is 6.91. The Bertz CT molecular complexity index is 556. The van der Waals surface area contributed by atoms with Crippen molar-refractivity contribution in [3.63, 3.8) is 0 Å². The average Bonchev–Trinajstić information content (AvgIpc) is 2.35. The minimum Gasteiger partial charge on any atom is -0.370 e. The van der Waals surface area contributed by atoms with Crippen molar-refractivity contribution in [1.29, 1.82) is 0 Å². The van der Waals surface area contributed by atoms with E-state index in [1.807, 2.05) is 18.2 Å². The SMILES string of the molecule is [3H]CCNc1cccc(-c2c(C)cc(C)cc2C)n1. The molecule has 1 heterocycles. The predicted molar refractivity (Wildman–Crippen MR) is 78.0 cm³/mol. The summed E-state index contributed by atoms with van der Waals surface area (Å²) in [6, 6.07) is 10.4. The van der Waals surface area contributed by atoms with Gasteiger partial charge in [-0.1, -0.05) is 23.8 Å². The van der Waals surface area contributed by atoms with Gasteiger partial charge in [0.1, 0.15) is 5.82 Å². The van der Waals surface area contributed by atoms with Gasteiger partial charge in [-0.3, -0.25) is 0 Å². The van der Waals surface area contributed by atoms with Gasteiger partial charge in [-0.2, -0.15) is 0 Å². The van der Waals surface area contributed by atoms with Crippen LogP contribution in [0, 0.1) is 20.8 Å². The summed E-state index contributed by atoms with van der Waals surface area (Å²) in [7, 11) is 0. The largest absolute Gasteiger partial charge is 0.370 e. The Morgan fingerprint density at radius 1 is 1.17 bits per heavy atom. The third-order valence-corrected chi connectivity index (χ3v) is 2.99. The number of hydrogen-bond donors (Lipinski definition) is 1. The van der Waals surface area contributed by atoms with E-state index in [2.05, 4.69) is 43.2 Å². The molecule has 2 aromatic rings. The average molecular weight is 242 g/mol. The van der Waals surface area contributed by atoms with Crippen LogP contribution in [0.1, 0.15) is 25.0 Å². The summed E-state index contributed by atoms with van der Waals surface area (Å²) in [4.78, 5) is 4.64. The number of aryl methyl sites for hydroxylation is 3. The van der Waals surface area contributed by atoms with E-state index in [-0.39, 0.29) is 0 Å². The molecule has 0 amide bonds. The molecule has 0 saturated carbocycles. The Labute approximate surface area is 110 Å². The quantitative estimate of drug-likeness (QED) is 0.876. The van der Waals surface area contributed by atoms with E-state index in [0.29, 0.717) is 13.4 Å². The van der Waals surface area contributed by atoms with Crippen molar-refractivity contribution in [1.82, 2.24) is 4.98 Å². The molecule has 94 valence electrons. The van der Waals surface area contributed by atoms with Crippen molar-refractivity contribution < 1.29 is 1.37 Å². The molecule has 0 spiro atoms. The van der Waals surface area contributed by atoms with Gasteiger partial charge in [0.25, 0.3) is 0 Å². The second-order valence-electron chi connectivity index (χ2n) is 4.61. The predicted octanol–water partition coefficient (Wildman–Crippen LogP) is 4.11. The summed E-state index contributed by atoms with van der Waals surface area (Å²) in [5.74, 6) is 0.837. The first kappa shape index (κ1) is 11.3. The van der Waals surface area contributed by atoms with E-state index < -0.39 is 0 Å². The van der Waals surface area contributed by atoms with E-state index in [1.165, 1.54) is 22.3 Å². The number of pyridine rings is 1. The zero-order valence-electron chi connectivity index (χ0n) is 12.2. The Morgan fingerprint density at radius 2 is 1.89 bits per heavy atom. The van der Waals surface area contributed by atoms with E-state index >= 15 is 0 Å². The highest BCUT2D eigenvalue weighted by molar-refractivity contribution is 5.69. The first-order chi connectivity index (χ1) is 9.11. The molecule has 0 atom stereocenters. The number of hydrogen-bond acceptors (Lipinski definition) is 2. The maximum absolute atomic E-state index is 7.17. The van der Waals surface area contributed by atoms with Gasteiger partial charge in [-0.15, -0.1) is 0 Å². The third kappa shape index (κ3) is 2.53. The number of anilines is 1. The van der Waals surface area contributed by atoms with Crippen LogP contribution in [0.4, 0.5) is 5.82 Å². The highest BCUT2D eigenvalue weighted by atomic mass is 15.0. The molecule has 0 saturated heterocycles. The zero-order chi connectivity index (χ0) is 13.8. The zero-order valence-corrected chi connectivity index (χ0v) is 11.2. The van der Waals surface area contributed by atoms with E-state index in [1.54, 1.807) is 0 Å². The van der Waals surface area contributed by atoms with Gasteiger partial charge in [0.2, 0.25) is 0 Å². The molecule has 1 N–H and O–H groups in total. The monoisotopic (exact) mass is 242 g/mol. The Kier molecular flexibility index (Phi) is 3.26. The van der Waals surface area contributed by atoms with Gasteiger partial charge in [0.15, 0.2) is 0 Å². The third-order valence-electron chi connectivity index (χ3n) is 2.99. The fourth-order valence-corrected chi connectivity index (χ4v) is 2.38. The summed E-state index contributed by atoms with van der Waals surface area (Å²) in [5.41, 5.74) is 5.98. The lowest BCUT2D eigenvalue weighted by Crippen LogP contribution is -2.00. The maximum atomic E-state index is 7.17. The van der Waals surface area contributed by atoms with E-state index in [0.717, 1.165) is 11.5 Å². The molecule has 0 aliphatic rings. The van der Waals surface area contributed by atoms with E-state index in [4.69, 9.17) is 1.37 Å². The standard InChI is InChI=1S/C16H20N2/c1-5-17-15-8-6-7-14(18-15)16-12(3)9-11(2)10-13(16)4/h6-10H,5H2,1-4H3,(H,17,18)/i1T. The van der Waals surface area contributed by atoms with Crippen molar-refractivity contribution in [2.24, 2.45) is 0 Å². The second kappa shape index (κ2) is 5.21. The number of rotatable bonds is 3. The van der Waals surface area contributed by atoms with Crippen LogP contribution in [-0.2, 0) is 0 Å². The van der Waals surface area contributed by atoms with Crippen LogP contribution in [-0.4, -0.2) is 11.5 Å². The lowest BCUT2D eigenvalue weighted by Gasteiger charge is -2.12. The molecule has 0 aliphatic carbocycles. The molecule has 0 unspecified atom stereocenters. The Morgan fingerprint density at radius 3 is 2.56 bits per heavy atom. The molecule has 18 heavy (non-hydrogen) atoms. The molecular weight excluding hydrogens is 220 g/mol.